The zero-order chi connectivity index (χ0) is 26.9. The van der Waals surface area contributed by atoms with E-state index in [0.717, 1.165) is 10.0 Å². The number of hydrogen-bond acceptors (Lipinski definition) is 5. The predicted molar refractivity (Wildman–Crippen MR) is 152 cm³/mol. The summed E-state index contributed by atoms with van der Waals surface area (Å²) in [6, 6.07) is 17.0. The zero-order valence-electron chi connectivity index (χ0n) is 20.4. The molecular weight excluding hydrogens is 626 g/mol. The summed E-state index contributed by atoms with van der Waals surface area (Å²) in [7, 11) is 1.55. The van der Waals surface area contributed by atoms with Gasteiger partial charge in [0.2, 0.25) is 0 Å². The lowest BCUT2D eigenvalue weighted by molar-refractivity contribution is -0.123. The molecule has 0 spiro atoms. The van der Waals surface area contributed by atoms with Crippen LogP contribution in [0.2, 0.25) is 5.02 Å². The fourth-order valence-electron chi connectivity index (χ4n) is 3.29. The van der Waals surface area contributed by atoms with Crippen LogP contribution < -0.4 is 20.2 Å². The molecule has 0 radical (unpaired) electrons. The number of amides is 2. The lowest BCUT2D eigenvalue weighted by Crippen LogP contribution is -2.48. The van der Waals surface area contributed by atoms with E-state index < -0.39 is 11.9 Å². The van der Waals surface area contributed by atoms with Gasteiger partial charge in [0.25, 0.3) is 11.8 Å². The second-order valence-electron chi connectivity index (χ2n) is 8.39. The maximum Gasteiger partial charge on any atom is 0.262 e. The molecule has 3 aromatic rings. The van der Waals surface area contributed by atoms with Crippen LogP contribution in [-0.2, 0) is 11.4 Å². The first-order chi connectivity index (χ1) is 17.7. The second kappa shape index (κ2) is 13.6. The Kier molecular flexibility index (Phi) is 10.5. The van der Waals surface area contributed by atoms with E-state index in [9.17, 15) is 9.59 Å². The quantitative estimate of drug-likeness (QED) is 0.197. The molecule has 0 bridgehead atoms. The van der Waals surface area contributed by atoms with Crippen molar-refractivity contribution in [2.45, 2.75) is 26.5 Å². The van der Waals surface area contributed by atoms with E-state index in [2.05, 4.69) is 47.7 Å². The first-order valence-electron chi connectivity index (χ1n) is 11.3. The van der Waals surface area contributed by atoms with Crippen LogP contribution >= 0.6 is 43.5 Å². The van der Waals surface area contributed by atoms with Gasteiger partial charge in [-0.2, -0.15) is 5.10 Å². The highest BCUT2D eigenvalue weighted by molar-refractivity contribution is 9.10. The van der Waals surface area contributed by atoms with Crippen molar-refractivity contribution in [2.75, 3.05) is 7.11 Å². The van der Waals surface area contributed by atoms with Gasteiger partial charge in [0, 0.05) is 15.1 Å². The van der Waals surface area contributed by atoms with E-state index in [1.54, 1.807) is 43.5 Å². The van der Waals surface area contributed by atoms with Crippen LogP contribution in [0.25, 0.3) is 0 Å². The van der Waals surface area contributed by atoms with E-state index in [-0.39, 0.29) is 11.8 Å². The largest absolute Gasteiger partial charge is 0.493 e. The number of nitrogens with one attached hydrogen (secondary N) is 2. The summed E-state index contributed by atoms with van der Waals surface area (Å²) in [5, 5.41) is 7.35. The fraction of sp³-hybridized carbons (Fsp3) is 0.222. The van der Waals surface area contributed by atoms with Gasteiger partial charge < -0.3 is 14.8 Å². The Bertz CT molecular complexity index is 1270. The molecule has 194 valence electrons. The molecule has 0 aliphatic carbocycles. The third-order valence-electron chi connectivity index (χ3n) is 5.28. The van der Waals surface area contributed by atoms with Crippen LogP contribution in [0.4, 0.5) is 0 Å². The maximum absolute atomic E-state index is 12.8. The second-order valence-corrected chi connectivity index (χ2v) is 10.6. The molecule has 1 unspecified atom stereocenters. The highest BCUT2D eigenvalue weighted by Crippen LogP contribution is 2.37. The van der Waals surface area contributed by atoms with E-state index in [1.807, 2.05) is 38.1 Å². The summed E-state index contributed by atoms with van der Waals surface area (Å²) in [6.45, 7) is 4.04. The number of carbonyl (C=O) groups is 2. The minimum absolute atomic E-state index is 0.164. The highest BCUT2D eigenvalue weighted by Gasteiger charge is 2.24. The normalized spacial score (nSPS) is 11.9. The molecule has 3 rings (SSSR count). The van der Waals surface area contributed by atoms with Crippen molar-refractivity contribution in [2.24, 2.45) is 11.0 Å². The van der Waals surface area contributed by atoms with Crippen molar-refractivity contribution in [1.82, 2.24) is 10.7 Å². The maximum atomic E-state index is 12.8. The standard InChI is InChI=1S/C27H26Br2ClN3O4/c1-16(2)24(32-26(34)19-6-10-21(30)11-7-19)27(35)33-31-14-18-12-22(29)25(23(13-18)36-3)37-15-17-4-8-20(28)9-5-17/h4-14,16,24H,15H2,1-3H3,(H,32,34)(H,33,35)/b31-14+. The summed E-state index contributed by atoms with van der Waals surface area (Å²) < 4.78 is 13.1. The van der Waals surface area contributed by atoms with Gasteiger partial charge >= 0.3 is 0 Å². The average molecular weight is 652 g/mol. The van der Waals surface area contributed by atoms with Crippen LogP contribution in [0.15, 0.2) is 74.7 Å². The number of rotatable bonds is 10. The van der Waals surface area contributed by atoms with Crippen LogP contribution in [0.1, 0.15) is 35.3 Å². The third kappa shape index (κ3) is 8.31. The molecule has 0 aliphatic heterocycles. The molecule has 0 heterocycles. The number of hydrogen-bond donors (Lipinski definition) is 2. The van der Waals surface area contributed by atoms with Gasteiger partial charge in [0.1, 0.15) is 12.6 Å². The molecule has 0 saturated carbocycles. The Balaban J connectivity index is 1.65. The Morgan fingerprint density at radius 2 is 1.73 bits per heavy atom. The van der Waals surface area contributed by atoms with Crippen molar-refractivity contribution in [3.05, 3.63) is 91.3 Å². The third-order valence-corrected chi connectivity index (χ3v) is 6.65. The number of halogens is 3. The molecule has 2 N–H and O–H groups in total. The molecule has 0 fully saturated rings. The molecule has 10 heteroatoms. The van der Waals surface area contributed by atoms with Crippen molar-refractivity contribution < 1.29 is 19.1 Å². The van der Waals surface area contributed by atoms with Crippen molar-refractivity contribution >= 4 is 61.5 Å². The summed E-state index contributed by atoms with van der Waals surface area (Å²) in [6.07, 6.45) is 1.49. The van der Waals surface area contributed by atoms with E-state index in [4.69, 9.17) is 21.1 Å². The number of nitrogens with zero attached hydrogens (tertiary/aromatic N) is 1. The topological polar surface area (TPSA) is 89.0 Å². The SMILES string of the molecule is COc1cc(/C=N/NC(=O)C(NC(=O)c2ccc(Cl)cc2)C(C)C)cc(Br)c1OCc1ccc(Br)cc1. The van der Waals surface area contributed by atoms with Crippen LogP contribution in [0.3, 0.4) is 0 Å². The molecule has 0 aromatic heterocycles. The number of methoxy groups -OCH3 is 1. The lowest BCUT2D eigenvalue weighted by atomic mass is 10.0. The van der Waals surface area contributed by atoms with Crippen LogP contribution in [0.5, 0.6) is 11.5 Å². The lowest BCUT2D eigenvalue weighted by Gasteiger charge is -2.20. The summed E-state index contributed by atoms with van der Waals surface area (Å²) in [5.41, 5.74) is 4.59. The Morgan fingerprint density at radius 3 is 2.35 bits per heavy atom. The minimum Gasteiger partial charge on any atom is -0.493 e. The predicted octanol–water partition coefficient (Wildman–Crippen LogP) is 6.36. The van der Waals surface area contributed by atoms with Gasteiger partial charge in [-0.3, -0.25) is 9.59 Å². The van der Waals surface area contributed by atoms with E-state index in [1.165, 1.54) is 6.21 Å². The minimum atomic E-state index is -0.781. The Labute approximate surface area is 237 Å². The number of ether oxygens (including phenoxy) is 2. The van der Waals surface area contributed by atoms with Crippen LogP contribution in [-0.4, -0.2) is 31.2 Å². The number of hydrazone groups is 1. The number of benzene rings is 3. The smallest absolute Gasteiger partial charge is 0.262 e. The van der Waals surface area contributed by atoms with E-state index in [0.29, 0.717) is 38.7 Å². The zero-order valence-corrected chi connectivity index (χ0v) is 24.4. The van der Waals surface area contributed by atoms with Gasteiger partial charge in [-0.05, 0) is 81.5 Å². The van der Waals surface area contributed by atoms with Gasteiger partial charge in [0.05, 0.1) is 17.8 Å². The first kappa shape index (κ1) is 28.7. The van der Waals surface area contributed by atoms with Gasteiger partial charge in [0.15, 0.2) is 11.5 Å². The number of carbonyl (C=O) groups excluding carboxylic acids is 2. The molecule has 37 heavy (non-hydrogen) atoms. The van der Waals surface area contributed by atoms with Gasteiger partial charge in [-0.25, -0.2) is 5.43 Å². The summed E-state index contributed by atoms with van der Waals surface area (Å²) in [4.78, 5) is 25.3. The van der Waals surface area contributed by atoms with Crippen molar-refractivity contribution in [1.29, 1.82) is 0 Å². The average Bonchev–Trinajstić information content (AvgIpc) is 2.87. The van der Waals surface area contributed by atoms with Crippen LogP contribution in [0, 0.1) is 5.92 Å². The molecule has 0 aliphatic rings. The highest BCUT2D eigenvalue weighted by atomic mass is 79.9. The molecule has 0 saturated heterocycles. The monoisotopic (exact) mass is 649 g/mol. The first-order valence-corrected chi connectivity index (χ1v) is 13.3. The summed E-state index contributed by atoms with van der Waals surface area (Å²) in [5.74, 6) is 0.0877. The molecule has 2 amide bonds. The molecular formula is C27H26Br2ClN3O4. The van der Waals surface area contributed by atoms with E-state index >= 15 is 0 Å². The van der Waals surface area contributed by atoms with Crippen molar-refractivity contribution in [3.8, 4) is 11.5 Å². The summed E-state index contributed by atoms with van der Waals surface area (Å²) >= 11 is 12.8. The van der Waals surface area contributed by atoms with Crippen molar-refractivity contribution in [3.63, 3.8) is 0 Å². The molecule has 7 nitrogen and oxygen atoms in total. The van der Waals surface area contributed by atoms with Gasteiger partial charge in [-0.15, -0.1) is 0 Å². The fourth-order valence-corrected chi connectivity index (χ4v) is 4.26. The Morgan fingerprint density at radius 1 is 1.05 bits per heavy atom. The van der Waals surface area contributed by atoms with Gasteiger partial charge in [-0.1, -0.05) is 53.5 Å². The molecule has 3 aromatic carbocycles. The molecule has 1 atom stereocenters. The Hall–Kier alpha value is -2.88.